The van der Waals surface area contributed by atoms with E-state index in [1.54, 1.807) is 0 Å². The van der Waals surface area contributed by atoms with Crippen molar-refractivity contribution in [2.45, 2.75) is 6.54 Å². The summed E-state index contributed by atoms with van der Waals surface area (Å²) in [5, 5.41) is 2.66. The summed E-state index contributed by atoms with van der Waals surface area (Å²) in [7, 11) is 0. The molecule has 0 spiro atoms. The van der Waals surface area contributed by atoms with E-state index in [1.165, 1.54) is 0 Å². The molecular weight excluding hydrogens is 307 g/mol. The first-order valence-corrected chi connectivity index (χ1v) is 5.98. The normalized spacial score (nSPS) is 10.4. The highest BCUT2D eigenvalue weighted by Crippen LogP contribution is 2.20. The molecule has 0 aliphatic heterocycles. The molecule has 0 fully saturated rings. The summed E-state index contributed by atoms with van der Waals surface area (Å²) in [6.45, 7) is 0.285. The fraction of sp³-hybridized carbons (Fsp3) is 0.0769. The third-order valence-corrected chi connectivity index (χ3v) is 2.92. The van der Waals surface area contributed by atoms with E-state index in [-0.39, 0.29) is 12.2 Å². The summed E-state index contributed by atoms with van der Waals surface area (Å²) in [5.74, 6) is -3.09. The minimum Gasteiger partial charge on any atom is -0.378 e. The lowest BCUT2D eigenvalue weighted by atomic mass is 10.2. The molecule has 0 aliphatic carbocycles. The summed E-state index contributed by atoms with van der Waals surface area (Å²) in [6.07, 6.45) is 0. The van der Waals surface area contributed by atoms with Crippen molar-refractivity contribution >= 4 is 21.6 Å². The summed E-state index contributed by atoms with van der Waals surface area (Å²) in [5.41, 5.74) is 0.692. The second-order valence-corrected chi connectivity index (χ2v) is 4.64. The van der Waals surface area contributed by atoms with Crippen LogP contribution in [0.4, 0.5) is 18.9 Å². The van der Waals surface area contributed by atoms with E-state index >= 15 is 0 Å². The molecule has 0 aliphatic rings. The van der Waals surface area contributed by atoms with Crippen LogP contribution >= 0.6 is 15.9 Å². The van der Waals surface area contributed by atoms with Gasteiger partial charge in [-0.25, -0.2) is 13.2 Å². The molecule has 1 nitrogen and oxygen atoms in total. The van der Waals surface area contributed by atoms with Gasteiger partial charge in [-0.15, -0.1) is 0 Å². The average Bonchev–Trinajstić information content (AvgIpc) is 2.34. The molecule has 0 unspecified atom stereocenters. The molecule has 94 valence electrons. The minimum absolute atomic E-state index is 0.185. The number of rotatable bonds is 3. The molecule has 0 atom stereocenters. The van der Waals surface area contributed by atoms with Crippen LogP contribution in [0.2, 0.25) is 0 Å². The fourth-order valence-corrected chi connectivity index (χ4v) is 1.75. The van der Waals surface area contributed by atoms with Gasteiger partial charge in [0.25, 0.3) is 0 Å². The summed E-state index contributed by atoms with van der Waals surface area (Å²) < 4.78 is 40.2. The van der Waals surface area contributed by atoms with Gasteiger partial charge < -0.3 is 5.32 Å². The van der Waals surface area contributed by atoms with Crippen LogP contribution in [0.5, 0.6) is 0 Å². The van der Waals surface area contributed by atoms with Gasteiger partial charge in [0.05, 0.1) is 5.69 Å². The van der Waals surface area contributed by atoms with Gasteiger partial charge in [0.1, 0.15) is 5.82 Å². The Labute approximate surface area is 111 Å². The van der Waals surface area contributed by atoms with Crippen molar-refractivity contribution < 1.29 is 13.2 Å². The molecular formula is C13H9BrF3N. The monoisotopic (exact) mass is 315 g/mol. The van der Waals surface area contributed by atoms with Gasteiger partial charge in [-0.1, -0.05) is 28.1 Å². The molecule has 0 heterocycles. The molecule has 0 radical (unpaired) electrons. The smallest absolute Gasteiger partial charge is 0.182 e. The summed E-state index contributed by atoms with van der Waals surface area (Å²) in [6, 6.07) is 8.76. The molecule has 0 saturated carbocycles. The lowest BCUT2D eigenvalue weighted by Crippen LogP contribution is -2.03. The first kappa shape index (κ1) is 13.0. The zero-order valence-corrected chi connectivity index (χ0v) is 10.8. The molecule has 0 aromatic heterocycles. The van der Waals surface area contributed by atoms with Crippen molar-refractivity contribution in [1.82, 2.24) is 0 Å². The Balaban J connectivity index is 2.13. The van der Waals surface area contributed by atoms with E-state index in [0.29, 0.717) is 6.07 Å². The van der Waals surface area contributed by atoms with Crippen LogP contribution < -0.4 is 5.32 Å². The lowest BCUT2D eigenvalue weighted by Gasteiger charge is -2.08. The minimum atomic E-state index is -1.20. The quantitative estimate of drug-likeness (QED) is 0.823. The molecule has 0 saturated heterocycles. The predicted octanol–water partition coefficient (Wildman–Crippen LogP) is 4.48. The van der Waals surface area contributed by atoms with Crippen LogP contribution in [0.15, 0.2) is 40.9 Å². The van der Waals surface area contributed by atoms with Gasteiger partial charge in [-0.05, 0) is 17.7 Å². The van der Waals surface area contributed by atoms with E-state index in [2.05, 4.69) is 21.2 Å². The van der Waals surface area contributed by atoms with Gasteiger partial charge in [0, 0.05) is 23.2 Å². The Morgan fingerprint density at radius 1 is 1.00 bits per heavy atom. The van der Waals surface area contributed by atoms with Gasteiger partial charge in [0.15, 0.2) is 11.6 Å². The second-order valence-electron chi connectivity index (χ2n) is 3.73. The van der Waals surface area contributed by atoms with E-state index in [9.17, 15) is 13.2 Å². The highest BCUT2D eigenvalue weighted by atomic mass is 79.9. The zero-order valence-electron chi connectivity index (χ0n) is 9.18. The van der Waals surface area contributed by atoms with Crippen LogP contribution in [0.1, 0.15) is 5.56 Å². The van der Waals surface area contributed by atoms with Crippen molar-refractivity contribution in [3.05, 3.63) is 63.9 Å². The lowest BCUT2D eigenvalue weighted by molar-refractivity contribution is 0.497. The van der Waals surface area contributed by atoms with Gasteiger partial charge in [0.2, 0.25) is 0 Å². The molecule has 0 amide bonds. The highest BCUT2D eigenvalue weighted by Gasteiger charge is 2.10. The maximum Gasteiger partial charge on any atom is 0.182 e. The standard InChI is InChI=1S/C13H9BrF3N/c14-9-3-1-8(2-4-9)7-18-12-6-10(15)5-11(16)13(12)17/h1-6,18H,7H2. The third-order valence-electron chi connectivity index (χ3n) is 2.39. The zero-order chi connectivity index (χ0) is 13.1. The topological polar surface area (TPSA) is 12.0 Å². The number of anilines is 1. The van der Waals surface area contributed by atoms with E-state index in [0.717, 1.165) is 16.1 Å². The van der Waals surface area contributed by atoms with Crippen LogP contribution in [0.25, 0.3) is 0 Å². The Kier molecular flexibility index (Phi) is 3.91. The van der Waals surface area contributed by atoms with Gasteiger partial charge >= 0.3 is 0 Å². The third kappa shape index (κ3) is 3.04. The Morgan fingerprint density at radius 3 is 2.33 bits per heavy atom. The van der Waals surface area contributed by atoms with Crippen molar-refractivity contribution in [3.8, 4) is 0 Å². The number of hydrogen-bond acceptors (Lipinski definition) is 1. The highest BCUT2D eigenvalue weighted by molar-refractivity contribution is 9.10. The SMILES string of the molecule is Fc1cc(F)c(F)c(NCc2ccc(Br)cc2)c1. The van der Waals surface area contributed by atoms with Crippen molar-refractivity contribution in [1.29, 1.82) is 0 Å². The first-order valence-electron chi connectivity index (χ1n) is 5.19. The largest absolute Gasteiger partial charge is 0.378 e. The molecule has 18 heavy (non-hydrogen) atoms. The number of halogens is 4. The Morgan fingerprint density at radius 2 is 1.67 bits per heavy atom. The first-order chi connectivity index (χ1) is 8.56. The van der Waals surface area contributed by atoms with Crippen LogP contribution in [-0.4, -0.2) is 0 Å². The molecule has 2 rings (SSSR count). The molecule has 2 aromatic rings. The number of hydrogen-bond donors (Lipinski definition) is 1. The van der Waals surface area contributed by atoms with Crippen LogP contribution in [-0.2, 0) is 6.54 Å². The average molecular weight is 316 g/mol. The summed E-state index contributed by atoms with van der Waals surface area (Å²) in [4.78, 5) is 0. The van der Waals surface area contributed by atoms with Crippen molar-refractivity contribution in [3.63, 3.8) is 0 Å². The fourth-order valence-electron chi connectivity index (χ4n) is 1.48. The van der Waals surface area contributed by atoms with Crippen LogP contribution in [0, 0.1) is 17.5 Å². The maximum absolute atomic E-state index is 13.3. The molecule has 0 bridgehead atoms. The number of benzene rings is 2. The predicted molar refractivity (Wildman–Crippen MR) is 67.8 cm³/mol. The number of nitrogens with one attached hydrogen (secondary N) is 1. The second kappa shape index (κ2) is 5.44. The maximum atomic E-state index is 13.3. The molecule has 5 heteroatoms. The van der Waals surface area contributed by atoms with Crippen molar-refractivity contribution in [2.75, 3.05) is 5.32 Å². The van der Waals surface area contributed by atoms with Crippen LogP contribution in [0.3, 0.4) is 0 Å². The molecule has 1 N–H and O–H groups in total. The van der Waals surface area contributed by atoms with Crippen molar-refractivity contribution in [2.24, 2.45) is 0 Å². The van der Waals surface area contributed by atoms with E-state index < -0.39 is 17.5 Å². The summed E-state index contributed by atoms with van der Waals surface area (Å²) >= 11 is 3.29. The Hall–Kier alpha value is -1.49. The Bertz CT molecular complexity index is 555. The van der Waals surface area contributed by atoms with Gasteiger partial charge in [-0.3, -0.25) is 0 Å². The molecule has 2 aromatic carbocycles. The van der Waals surface area contributed by atoms with Gasteiger partial charge in [-0.2, -0.15) is 0 Å². The van der Waals surface area contributed by atoms with E-state index in [1.807, 2.05) is 24.3 Å². The van der Waals surface area contributed by atoms with E-state index in [4.69, 9.17) is 0 Å².